The van der Waals surface area contributed by atoms with Crippen LogP contribution in [-0.4, -0.2) is 37.0 Å². The number of hydrogen-bond acceptors (Lipinski definition) is 4. The summed E-state index contributed by atoms with van der Waals surface area (Å²) in [6.45, 7) is 4.62. The summed E-state index contributed by atoms with van der Waals surface area (Å²) in [4.78, 5) is 29.2. The molecule has 3 rings (SSSR count). The van der Waals surface area contributed by atoms with E-state index in [4.69, 9.17) is 4.42 Å². The first-order valence-electron chi connectivity index (χ1n) is 11.0. The van der Waals surface area contributed by atoms with Crippen molar-refractivity contribution in [3.8, 4) is 0 Å². The van der Waals surface area contributed by atoms with E-state index in [1.165, 1.54) is 0 Å². The molecular weight excluding hydrogens is 392 g/mol. The van der Waals surface area contributed by atoms with E-state index in [1.54, 1.807) is 11.2 Å². The minimum absolute atomic E-state index is 0.0250. The fraction of sp³-hybridized carbons (Fsp3) is 0.500. The largest absolute Gasteiger partial charge is 0.467 e. The monoisotopic (exact) mass is 426 g/mol. The quantitative estimate of drug-likeness (QED) is 0.647. The number of urea groups is 1. The average molecular weight is 427 g/mol. The van der Waals surface area contributed by atoms with Gasteiger partial charge in [0, 0.05) is 37.4 Å². The summed E-state index contributed by atoms with van der Waals surface area (Å²) in [5, 5.41) is 6.05. The number of benzene rings is 1. The first-order valence-corrected chi connectivity index (χ1v) is 11.0. The summed E-state index contributed by atoms with van der Waals surface area (Å²) in [6.07, 6.45) is 5.77. The highest BCUT2D eigenvalue weighted by atomic mass is 16.3. The van der Waals surface area contributed by atoms with Crippen molar-refractivity contribution in [3.05, 3.63) is 47.9 Å². The molecule has 31 heavy (non-hydrogen) atoms. The van der Waals surface area contributed by atoms with Gasteiger partial charge in [0.05, 0.1) is 19.4 Å². The van der Waals surface area contributed by atoms with Gasteiger partial charge in [-0.2, -0.15) is 0 Å². The number of hydrogen-bond donors (Lipinski definition) is 2. The number of rotatable bonds is 8. The van der Waals surface area contributed by atoms with E-state index in [0.29, 0.717) is 13.1 Å². The Labute approximate surface area is 184 Å². The predicted molar refractivity (Wildman–Crippen MR) is 123 cm³/mol. The maximum absolute atomic E-state index is 12.9. The number of anilines is 2. The smallest absolute Gasteiger partial charge is 0.318 e. The van der Waals surface area contributed by atoms with Gasteiger partial charge in [-0.25, -0.2) is 4.79 Å². The zero-order valence-corrected chi connectivity index (χ0v) is 19.0. The van der Waals surface area contributed by atoms with Crippen LogP contribution in [0.2, 0.25) is 0 Å². The molecule has 1 heterocycles. The summed E-state index contributed by atoms with van der Waals surface area (Å²) in [7, 11) is 3.95. The molecule has 1 aromatic heterocycles. The van der Waals surface area contributed by atoms with Crippen LogP contribution in [0.3, 0.4) is 0 Å². The first kappa shape index (κ1) is 22.7. The summed E-state index contributed by atoms with van der Waals surface area (Å²) in [5.41, 5.74) is 2.72. The van der Waals surface area contributed by atoms with Crippen molar-refractivity contribution in [2.24, 2.45) is 5.92 Å². The number of carbonyl (C=O) groups excluding carboxylic acids is 2. The highest BCUT2D eigenvalue weighted by Gasteiger charge is 2.23. The number of amides is 3. The molecule has 168 valence electrons. The van der Waals surface area contributed by atoms with E-state index in [9.17, 15) is 9.59 Å². The molecule has 0 unspecified atom stereocenters. The lowest BCUT2D eigenvalue weighted by Crippen LogP contribution is -2.42. The summed E-state index contributed by atoms with van der Waals surface area (Å²) >= 11 is 0. The topological polar surface area (TPSA) is 77.8 Å². The normalized spacial score (nSPS) is 14.0. The lowest BCUT2D eigenvalue weighted by molar-refractivity contribution is -0.119. The Balaban J connectivity index is 1.83. The second kappa shape index (κ2) is 10.4. The molecule has 1 saturated carbocycles. The molecule has 0 spiro atoms. The molecule has 1 aliphatic rings. The number of nitrogens with one attached hydrogen (secondary N) is 2. The third kappa shape index (κ3) is 6.26. The summed E-state index contributed by atoms with van der Waals surface area (Å²) in [5.74, 6) is 0.909. The maximum atomic E-state index is 12.9. The Bertz CT molecular complexity index is 871. The van der Waals surface area contributed by atoms with E-state index in [1.807, 2.05) is 63.2 Å². The van der Waals surface area contributed by atoms with Gasteiger partial charge in [0.2, 0.25) is 5.91 Å². The van der Waals surface area contributed by atoms with E-state index >= 15 is 0 Å². The second-order valence-corrected chi connectivity index (χ2v) is 8.75. The number of nitrogens with zero attached hydrogens (tertiary/aromatic N) is 2. The SMILES string of the molecule is CC(C)NC(=O)N(Cc1ccco1)Cc1cc(NC(=O)C2CCCC2)ccc1N(C)C. The third-order valence-electron chi connectivity index (χ3n) is 5.54. The van der Waals surface area contributed by atoms with Crippen LogP contribution < -0.4 is 15.5 Å². The molecule has 0 aliphatic heterocycles. The molecule has 1 aromatic carbocycles. The van der Waals surface area contributed by atoms with Crippen LogP contribution in [0.1, 0.15) is 50.9 Å². The molecule has 7 nitrogen and oxygen atoms in total. The van der Waals surface area contributed by atoms with Gasteiger partial charge in [-0.05, 0) is 62.6 Å². The molecule has 0 bridgehead atoms. The van der Waals surface area contributed by atoms with Gasteiger partial charge in [0.15, 0.2) is 0 Å². The van der Waals surface area contributed by atoms with Crippen molar-refractivity contribution >= 4 is 23.3 Å². The predicted octanol–water partition coefficient (Wildman–Crippen LogP) is 4.59. The van der Waals surface area contributed by atoms with Crippen LogP contribution in [-0.2, 0) is 17.9 Å². The van der Waals surface area contributed by atoms with Gasteiger partial charge >= 0.3 is 6.03 Å². The van der Waals surface area contributed by atoms with Crippen LogP contribution in [0.5, 0.6) is 0 Å². The zero-order valence-electron chi connectivity index (χ0n) is 19.0. The van der Waals surface area contributed by atoms with Gasteiger partial charge in [0.1, 0.15) is 5.76 Å². The van der Waals surface area contributed by atoms with E-state index in [2.05, 4.69) is 10.6 Å². The van der Waals surface area contributed by atoms with Crippen LogP contribution in [0, 0.1) is 5.92 Å². The van der Waals surface area contributed by atoms with Gasteiger partial charge in [0.25, 0.3) is 0 Å². The Morgan fingerprint density at radius 3 is 2.48 bits per heavy atom. The molecule has 3 amide bonds. The average Bonchev–Trinajstić information content (AvgIpc) is 3.41. The third-order valence-corrected chi connectivity index (χ3v) is 5.54. The maximum Gasteiger partial charge on any atom is 0.318 e. The molecule has 1 aliphatic carbocycles. The highest BCUT2D eigenvalue weighted by molar-refractivity contribution is 5.93. The van der Waals surface area contributed by atoms with Crippen molar-refractivity contribution in [3.63, 3.8) is 0 Å². The molecule has 1 fully saturated rings. The second-order valence-electron chi connectivity index (χ2n) is 8.75. The minimum atomic E-state index is -0.156. The summed E-state index contributed by atoms with van der Waals surface area (Å²) < 4.78 is 5.48. The summed E-state index contributed by atoms with van der Waals surface area (Å²) in [6, 6.07) is 9.44. The van der Waals surface area contributed by atoms with Crippen LogP contribution in [0.25, 0.3) is 0 Å². The Morgan fingerprint density at radius 2 is 1.87 bits per heavy atom. The van der Waals surface area contributed by atoms with Crippen molar-refractivity contribution < 1.29 is 14.0 Å². The van der Waals surface area contributed by atoms with Crippen molar-refractivity contribution in [1.82, 2.24) is 10.2 Å². The van der Waals surface area contributed by atoms with E-state index in [0.717, 1.165) is 48.4 Å². The number of furan rings is 1. The van der Waals surface area contributed by atoms with Crippen molar-refractivity contribution in [1.29, 1.82) is 0 Å². The standard InChI is InChI=1S/C24H34N4O3/c1-17(2)25-24(30)28(16-21-10-7-13-31-21)15-19-14-20(11-12-22(19)27(3)4)26-23(29)18-8-5-6-9-18/h7,10-14,17-18H,5-6,8-9,15-16H2,1-4H3,(H,25,30)(H,26,29). The lowest BCUT2D eigenvalue weighted by atomic mass is 10.1. The van der Waals surface area contributed by atoms with Crippen molar-refractivity contribution in [2.75, 3.05) is 24.3 Å². The van der Waals surface area contributed by atoms with Gasteiger partial charge in [-0.15, -0.1) is 0 Å². The van der Waals surface area contributed by atoms with Gasteiger partial charge in [-0.1, -0.05) is 12.8 Å². The fourth-order valence-corrected chi connectivity index (χ4v) is 3.99. The Kier molecular flexibility index (Phi) is 7.60. The fourth-order valence-electron chi connectivity index (χ4n) is 3.99. The zero-order chi connectivity index (χ0) is 22.4. The molecule has 0 atom stereocenters. The van der Waals surface area contributed by atoms with Gasteiger partial charge < -0.3 is 24.9 Å². The first-order chi connectivity index (χ1) is 14.8. The molecule has 0 saturated heterocycles. The lowest BCUT2D eigenvalue weighted by Gasteiger charge is -2.27. The molecule has 0 radical (unpaired) electrons. The minimum Gasteiger partial charge on any atom is -0.467 e. The Hall–Kier alpha value is -2.96. The highest BCUT2D eigenvalue weighted by Crippen LogP contribution is 2.28. The molecule has 7 heteroatoms. The van der Waals surface area contributed by atoms with Crippen LogP contribution in [0.15, 0.2) is 41.0 Å². The van der Waals surface area contributed by atoms with Crippen LogP contribution in [0.4, 0.5) is 16.2 Å². The van der Waals surface area contributed by atoms with E-state index < -0.39 is 0 Å². The Morgan fingerprint density at radius 1 is 1.13 bits per heavy atom. The van der Waals surface area contributed by atoms with Crippen LogP contribution >= 0.6 is 0 Å². The molecular formula is C24H34N4O3. The van der Waals surface area contributed by atoms with Gasteiger partial charge in [-0.3, -0.25) is 4.79 Å². The molecule has 2 aromatic rings. The van der Waals surface area contributed by atoms with E-state index in [-0.39, 0.29) is 23.9 Å². The number of carbonyl (C=O) groups is 2. The van der Waals surface area contributed by atoms with Crippen molar-refractivity contribution in [2.45, 2.75) is 58.7 Å². The molecule has 2 N–H and O–H groups in total.